The summed E-state index contributed by atoms with van der Waals surface area (Å²) < 4.78 is 5.64. The van der Waals surface area contributed by atoms with E-state index >= 15 is 0 Å². The Balaban J connectivity index is 2.58. The Morgan fingerprint density at radius 1 is 1.43 bits per heavy atom. The molecule has 0 aliphatic heterocycles. The molecule has 1 unspecified atom stereocenters. The van der Waals surface area contributed by atoms with Gasteiger partial charge in [-0.1, -0.05) is 20.8 Å². The lowest BCUT2D eigenvalue weighted by Crippen LogP contribution is -2.00. The summed E-state index contributed by atoms with van der Waals surface area (Å²) in [5.41, 5.74) is 0. The molecule has 0 amide bonds. The molecule has 0 aliphatic carbocycles. The summed E-state index contributed by atoms with van der Waals surface area (Å²) in [6.45, 7) is 6.54. The fourth-order valence-corrected chi connectivity index (χ4v) is 1.33. The fourth-order valence-electron chi connectivity index (χ4n) is 1.20. The Morgan fingerprint density at radius 3 is 2.71 bits per heavy atom. The molecule has 14 heavy (non-hydrogen) atoms. The first kappa shape index (κ1) is 11.6. The number of hydrogen-bond acceptors (Lipinski definition) is 2. The van der Waals surface area contributed by atoms with E-state index in [0.29, 0.717) is 17.7 Å². The molecule has 0 bridgehead atoms. The van der Waals surface area contributed by atoms with Crippen LogP contribution >= 0.6 is 11.6 Å². The van der Waals surface area contributed by atoms with Gasteiger partial charge < -0.3 is 4.42 Å². The van der Waals surface area contributed by atoms with E-state index in [1.165, 1.54) is 0 Å². The Bertz CT molecular complexity index is 270. The minimum absolute atomic E-state index is 0.437. The zero-order chi connectivity index (χ0) is 10.6. The van der Waals surface area contributed by atoms with Gasteiger partial charge in [-0.15, -0.1) is 11.6 Å². The van der Waals surface area contributed by atoms with Gasteiger partial charge in [0, 0.05) is 18.2 Å². The second-order valence-electron chi connectivity index (χ2n) is 3.98. The van der Waals surface area contributed by atoms with Crippen molar-refractivity contribution in [2.75, 3.05) is 5.88 Å². The topological polar surface area (TPSA) is 26.0 Å². The Morgan fingerprint density at radius 2 is 2.14 bits per heavy atom. The molecule has 0 fully saturated rings. The molecule has 0 N–H and O–H groups in total. The van der Waals surface area contributed by atoms with Gasteiger partial charge in [-0.05, 0) is 12.3 Å². The van der Waals surface area contributed by atoms with Crippen molar-refractivity contribution in [1.29, 1.82) is 0 Å². The molecule has 1 aromatic heterocycles. The number of oxazole rings is 1. The summed E-state index contributed by atoms with van der Waals surface area (Å²) in [5.74, 6) is 3.49. The zero-order valence-electron chi connectivity index (χ0n) is 9.09. The van der Waals surface area contributed by atoms with Crippen LogP contribution in [-0.2, 0) is 6.42 Å². The maximum atomic E-state index is 5.64. The highest BCUT2D eigenvalue weighted by molar-refractivity contribution is 6.17. The predicted octanol–water partition coefficient (Wildman–Crippen LogP) is 3.61. The number of aromatic nitrogens is 1. The molecular weight excluding hydrogens is 198 g/mol. The second kappa shape index (κ2) is 5.40. The first-order chi connectivity index (χ1) is 6.65. The third-order valence-electron chi connectivity index (χ3n) is 2.54. The first-order valence-electron chi connectivity index (χ1n) is 5.15. The van der Waals surface area contributed by atoms with Gasteiger partial charge in [0.15, 0.2) is 5.89 Å². The van der Waals surface area contributed by atoms with E-state index in [9.17, 15) is 0 Å². The number of halogens is 1. The number of aryl methyl sites for hydroxylation is 1. The molecule has 0 aromatic carbocycles. The van der Waals surface area contributed by atoms with Crippen molar-refractivity contribution in [2.24, 2.45) is 5.92 Å². The van der Waals surface area contributed by atoms with Crippen LogP contribution in [0.1, 0.15) is 44.8 Å². The predicted molar refractivity (Wildman–Crippen MR) is 58.8 cm³/mol. The summed E-state index contributed by atoms with van der Waals surface area (Å²) in [6.07, 6.45) is 3.61. The Labute approximate surface area is 90.7 Å². The number of nitrogens with zero attached hydrogens (tertiary/aromatic N) is 1. The lowest BCUT2D eigenvalue weighted by molar-refractivity contribution is 0.389. The zero-order valence-corrected chi connectivity index (χ0v) is 9.84. The maximum absolute atomic E-state index is 5.64. The molecule has 0 spiro atoms. The Hall–Kier alpha value is -0.500. The van der Waals surface area contributed by atoms with E-state index in [1.54, 1.807) is 0 Å². The van der Waals surface area contributed by atoms with Crippen molar-refractivity contribution in [3.8, 4) is 0 Å². The fraction of sp³-hybridized carbons (Fsp3) is 0.727. The molecule has 1 aromatic rings. The quantitative estimate of drug-likeness (QED) is 0.702. The summed E-state index contributed by atoms with van der Waals surface area (Å²) >= 11 is 5.60. The smallest absolute Gasteiger partial charge is 0.194 e. The van der Waals surface area contributed by atoms with Gasteiger partial charge in [0.05, 0.1) is 6.20 Å². The van der Waals surface area contributed by atoms with Crippen LogP contribution in [0, 0.1) is 5.92 Å². The highest BCUT2D eigenvalue weighted by Crippen LogP contribution is 2.24. The van der Waals surface area contributed by atoms with E-state index in [0.717, 1.165) is 24.5 Å². The van der Waals surface area contributed by atoms with Gasteiger partial charge in [-0.25, -0.2) is 4.98 Å². The second-order valence-corrected chi connectivity index (χ2v) is 4.36. The number of alkyl halides is 1. The van der Waals surface area contributed by atoms with Crippen LogP contribution in [-0.4, -0.2) is 10.9 Å². The van der Waals surface area contributed by atoms with Crippen LogP contribution in [0.25, 0.3) is 0 Å². The Kier molecular flexibility index (Phi) is 4.46. The third kappa shape index (κ3) is 3.02. The molecular formula is C11H18ClNO. The maximum Gasteiger partial charge on any atom is 0.194 e. The van der Waals surface area contributed by atoms with Crippen LogP contribution < -0.4 is 0 Å². The van der Waals surface area contributed by atoms with Gasteiger partial charge >= 0.3 is 0 Å². The summed E-state index contributed by atoms with van der Waals surface area (Å²) in [4.78, 5) is 4.23. The lowest BCUT2D eigenvalue weighted by atomic mass is 9.96. The average Bonchev–Trinajstić information content (AvgIpc) is 2.61. The van der Waals surface area contributed by atoms with E-state index in [-0.39, 0.29) is 0 Å². The highest BCUT2D eigenvalue weighted by atomic mass is 35.5. The van der Waals surface area contributed by atoms with Crippen LogP contribution in [0.4, 0.5) is 0 Å². The van der Waals surface area contributed by atoms with Gasteiger partial charge in [-0.2, -0.15) is 0 Å². The van der Waals surface area contributed by atoms with E-state index in [1.807, 2.05) is 6.20 Å². The molecule has 0 saturated heterocycles. The minimum Gasteiger partial charge on any atom is -0.445 e. The van der Waals surface area contributed by atoms with Gasteiger partial charge in [0.2, 0.25) is 0 Å². The van der Waals surface area contributed by atoms with Crippen LogP contribution in [0.5, 0.6) is 0 Å². The molecule has 1 atom stereocenters. The average molecular weight is 216 g/mol. The van der Waals surface area contributed by atoms with E-state index < -0.39 is 0 Å². The molecule has 2 nitrogen and oxygen atoms in total. The van der Waals surface area contributed by atoms with Gasteiger partial charge in [-0.3, -0.25) is 0 Å². The lowest BCUT2D eigenvalue weighted by Gasteiger charge is -2.10. The normalized spacial score (nSPS) is 13.5. The number of rotatable bonds is 5. The summed E-state index contributed by atoms with van der Waals surface area (Å²) in [6, 6.07) is 0. The summed E-state index contributed by atoms with van der Waals surface area (Å²) in [5, 5.41) is 0. The van der Waals surface area contributed by atoms with Crippen molar-refractivity contribution in [1.82, 2.24) is 4.98 Å². The van der Waals surface area contributed by atoms with Crippen molar-refractivity contribution in [2.45, 2.75) is 39.5 Å². The van der Waals surface area contributed by atoms with Gasteiger partial charge in [0.25, 0.3) is 0 Å². The minimum atomic E-state index is 0.437. The molecule has 1 heterocycles. The molecule has 0 radical (unpaired) electrons. The van der Waals surface area contributed by atoms with Crippen LogP contribution in [0.15, 0.2) is 10.6 Å². The van der Waals surface area contributed by atoms with Crippen molar-refractivity contribution in [3.63, 3.8) is 0 Å². The molecule has 80 valence electrons. The van der Waals surface area contributed by atoms with Crippen molar-refractivity contribution in [3.05, 3.63) is 17.8 Å². The van der Waals surface area contributed by atoms with Crippen LogP contribution in [0.3, 0.4) is 0 Å². The molecule has 0 saturated carbocycles. The highest BCUT2D eigenvalue weighted by Gasteiger charge is 2.14. The van der Waals surface area contributed by atoms with Gasteiger partial charge in [0.1, 0.15) is 5.76 Å². The molecule has 0 aliphatic rings. The third-order valence-corrected chi connectivity index (χ3v) is 2.81. The summed E-state index contributed by atoms with van der Waals surface area (Å²) in [7, 11) is 0. The van der Waals surface area contributed by atoms with Crippen LogP contribution in [0.2, 0.25) is 0 Å². The van der Waals surface area contributed by atoms with Crippen molar-refractivity contribution >= 4 is 11.6 Å². The largest absolute Gasteiger partial charge is 0.445 e. The SMILES string of the molecule is CC(C)C(C)c1cnc(CCCCl)o1. The molecule has 3 heteroatoms. The first-order valence-corrected chi connectivity index (χ1v) is 5.69. The monoisotopic (exact) mass is 215 g/mol. The van der Waals surface area contributed by atoms with E-state index in [2.05, 4.69) is 25.8 Å². The number of hydrogen-bond donors (Lipinski definition) is 0. The van der Waals surface area contributed by atoms with Crippen molar-refractivity contribution < 1.29 is 4.42 Å². The molecule has 1 rings (SSSR count). The standard InChI is InChI=1S/C11H18ClNO/c1-8(2)9(3)10-7-13-11(14-10)5-4-6-12/h7-9H,4-6H2,1-3H3. The van der Waals surface area contributed by atoms with E-state index in [4.69, 9.17) is 16.0 Å².